The second-order valence-corrected chi connectivity index (χ2v) is 9.66. The summed E-state index contributed by atoms with van der Waals surface area (Å²) in [6.45, 7) is 1.18. The molecular formula is C20H20BrN3O3S. The van der Waals surface area contributed by atoms with Gasteiger partial charge in [0.2, 0.25) is 21.7 Å². The Morgan fingerprint density at radius 2 is 1.64 bits per heavy atom. The Labute approximate surface area is 172 Å². The van der Waals surface area contributed by atoms with Crippen molar-refractivity contribution < 1.29 is 12.9 Å². The Morgan fingerprint density at radius 3 is 2.32 bits per heavy atom. The zero-order valence-corrected chi connectivity index (χ0v) is 17.6. The van der Waals surface area contributed by atoms with E-state index in [1.54, 1.807) is 28.6 Å². The summed E-state index contributed by atoms with van der Waals surface area (Å²) in [6, 6.07) is 14.6. The van der Waals surface area contributed by atoms with Crippen molar-refractivity contribution in [2.45, 2.75) is 30.6 Å². The quantitative estimate of drug-likeness (QED) is 0.566. The summed E-state index contributed by atoms with van der Waals surface area (Å²) < 4.78 is 33.4. The zero-order valence-electron chi connectivity index (χ0n) is 15.2. The lowest BCUT2D eigenvalue weighted by Crippen LogP contribution is -2.35. The Balaban J connectivity index is 1.49. The van der Waals surface area contributed by atoms with Crippen molar-refractivity contribution in [2.75, 3.05) is 13.1 Å². The van der Waals surface area contributed by atoms with Crippen LogP contribution in [-0.4, -0.2) is 36.0 Å². The van der Waals surface area contributed by atoms with E-state index >= 15 is 0 Å². The fraction of sp³-hybridized carbons (Fsp3) is 0.300. The number of piperidine rings is 1. The molecule has 0 amide bonds. The lowest BCUT2D eigenvalue weighted by atomic mass is 10.1. The molecule has 146 valence electrons. The summed E-state index contributed by atoms with van der Waals surface area (Å²) in [7, 11) is -3.43. The molecule has 0 unspecified atom stereocenters. The second kappa shape index (κ2) is 8.14. The molecule has 1 aliphatic rings. The fourth-order valence-electron chi connectivity index (χ4n) is 3.25. The Hall–Kier alpha value is -2.03. The second-order valence-electron chi connectivity index (χ2n) is 6.80. The smallest absolute Gasteiger partial charge is 0.243 e. The van der Waals surface area contributed by atoms with Crippen LogP contribution >= 0.6 is 15.9 Å². The first-order chi connectivity index (χ1) is 13.5. The van der Waals surface area contributed by atoms with Crippen molar-refractivity contribution >= 4 is 26.0 Å². The molecule has 28 heavy (non-hydrogen) atoms. The van der Waals surface area contributed by atoms with E-state index in [0.717, 1.165) is 34.9 Å². The molecule has 1 saturated heterocycles. The maximum Gasteiger partial charge on any atom is 0.243 e. The minimum absolute atomic E-state index is 0.303. The Kier molecular flexibility index (Phi) is 5.61. The van der Waals surface area contributed by atoms with Crippen LogP contribution in [0.5, 0.6) is 0 Å². The molecular weight excluding hydrogens is 442 g/mol. The minimum Gasteiger partial charge on any atom is -0.339 e. The molecule has 1 aromatic heterocycles. The lowest BCUT2D eigenvalue weighted by Gasteiger charge is -2.25. The highest BCUT2D eigenvalue weighted by Gasteiger charge is 2.25. The number of benzene rings is 2. The van der Waals surface area contributed by atoms with Crippen LogP contribution in [0, 0.1) is 0 Å². The first-order valence-electron chi connectivity index (χ1n) is 9.20. The van der Waals surface area contributed by atoms with Gasteiger partial charge in [-0.25, -0.2) is 8.42 Å². The van der Waals surface area contributed by atoms with Crippen LogP contribution in [0.1, 0.15) is 30.7 Å². The van der Waals surface area contributed by atoms with E-state index < -0.39 is 10.0 Å². The summed E-state index contributed by atoms with van der Waals surface area (Å²) >= 11 is 3.41. The van der Waals surface area contributed by atoms with Crippen LogP contribution in [0.2, 0.25) is 0 Å². The van der Waals surface area contributed by atoms with Gasteiger partial charge in [-0.15, -0.1) is 0 Å². The highest BCUT2D eigenvalue weighted by Crippen LogP contribution is 2.24. The number of nitrogens with zero attached hydrogens (tertiary/aromatic N) is 3. The van der Waals surface area contributed by atoms with E-state index in [4.69, 9.17) is 4.52 Å². The fourth-order valence-corrected chi connectivity index (χ4v) is 5.03. The summed E-state index contributed by atoms with van der Waals surface area (Å²) in [5, 5.41) is 4.03. The van der Waals surface area contributed by atoms with Gasteiger partial charge in [0.15, 0.2) is 0 Å². The highest BCUT2D eigenvalue weighted by atomic mass is 79.9. The maximum absolute atomic E-state index is 12.7. The third-order valence-electron chi connectivity index (χ3n) is 4.80. The first-order valence-corrected chi connectivity index (χ1v) is 11.4. The number of sulfonamides is 1. The predicted molar refractivity (Wildman–Crippen MR) is 109 cm³/mol. The molecule has 8 heteroatoms. The van der Waals surface area contributed by atoms with E-state index in [0.29, 0.717) is 36.1 Å². The molecule has 0 aliphatic carbocycles. The van der Waals surface area contributed by atoms with Crippen LogP contribution in [0.15, 0.2) is 62.4 Å². The molecule has 6 nitrogen and oxygen atoms in total. The number of hydrogen-bond donors (Lipinski definition) is 0. The van der Waals surface area contributed by atoms with Gasteiger partial charge in [-0.3, -0.25) is 0 Å². The van der Waals surface area contributed by atoms with Crippen molar-refractivity contribution in [1.82, 2.24) is 14.4 Å². The average molecular weight is 462 g/mol. The van der Waals surface area contributed by atoms with E-state index in [-0.39, 0.29) is 0 Å². The van der Waals surface area contributed by atoms with Gasteiger partial charge in [0.1, 0.15) is 0 Å². The molecule has 0 atom stereocenters. The summed E-state index contributed by atoms with van der Waals surface area (Å²) in [5.41, 5.74) is 1.80. The zero-order chi connectivity index (χ0) is 19.6. The van der Waals surface area contributed by atoms with Crippen molar-refractivity contribution in [2.24, 2.45) is 0 Å². The van der Waals surface area contributed by atoms with Crippen LogP contribution in [0.3, 0.4) is 0 Å². The van der Waals surface area contributed by atoms with Gasteiger partial charge in [0.05, 0.1) is 11.3 Å². The minimum atomic E-state index is -3.43. The van der Waals surface area contributed by atoms with E-state index in [1.165, 1.54) is 0 Å². The number of halogens is 1. The number of aromatic nitrogens is 2. The van der Waals surface area contributed by atoms with Crippen LogP contribution in [0.4, 0.5) is 0 Å². The third-order valence-corrected chi connectivity index (χ3v) is 7.24. The molecule has 3 aromatic rings. The van der Waals surface area contributed by atoms with Gasteiger partial charge in [0, 0.05) is 23.1 Å². The molecule has 2 aromatic carbocycles. The van der Waals surface area contributed by atoms with Crippen LogP contribution in [0.25, 0.3) is 11.4 Å². The largest absolute Gasteiger partial charge is 0.339 e. The number of rotatable bonds is 5. The van der Waals surface area contributed by atoms with Crippen LogP contribution < -0.4 is 0 Å². The maximum atomic E-state index is 12.7. The normalized spacial score (nSPS) is 15.6. The third kappa shape index (κ3) is 4.19. The van der Waals surface area contributed by atoms with Gasteiger partial charge in [-0.05, 0) is 54.8 Å². The molecule has 0 saturated carbocycles. The van der Waals surface area contributed by atoms with Gasteiger partial charge in [0.25, 0.3) is 0 Å². The standard InChI is InChI=1S/C20H20BrN3O3S/c21-17-8-4-15(5-9-17)14-19-22-20(23-27-19)16-6-10-18(11-7-16)28(25,26)24-12-2-1-3-13-24/h4-11H,1-3,12-14H2. The Morgan fingerprint density at radius 1 is 0.964 bits per heavy atom. The molecule has 0 bridgehead atoms. The molecule has 0 spiro atoms. The van der Waals surface area contributed by atoms with Crippen molar-refractivity contribution in [3.63, 3.8) is 0 Å². The van der Waals surface area contributed by atoms with E-state index in [1.807, 2.05) is 24.3 Å². The molecule has 0 radical (unpaired) electrons. The van der Waals surface area contributed by atoms with E-state index in [2.05, 4.69) is 26.1 Å². The summed E-state index contributed by atoms with van der Waals surface area (Å²) in [4.78, 5) is 4.73. The van der Waals surface area contributed by atoms with Crippen molar-refractivity contribution in [1.29, 1.82) is 0 Å². The van der Waals surface area contributed by atoms with Gasteiger partial charge < -0.3 is 4.52 Å². The monoisotopic (exact) mass is 461 g/mol. The summed E-state index contributed by atoms with van der Waals surface area (Å²) in [5.74, 6) is 0.969. The predicted octanol–water partition coefficient (Wildman–Crippen LogP) is 4.26. The topological polar surface area (TPSA) is 76.3 Å². The summed E-state index contributed by atoms with van der Waals surface area (Å²) in [6.07, 6.45) is 3.47. The average Bonchev–Trinajstić information content (AvgIpc) is 3.19. The Bertz CT molecular complexity index is 1040. The SMILES string of the molecule is O=S(=O)(c1ccc(-c2noc(Cc3ccc(Br)cc3)n2)cc1)N1CCCCC1. The van der Waals surface area contributed by atoms with Crippen molar-refractivity contribution in [3.05, 3.63) is 64.5 Å². The lowest BCUT2D eigenvalue weighted by molar-refractivity contribution is 0.346. The highest BCUT2D eigenvalue weighted by molar-refractivity contribution is 9.10. The van der Waals surface area contributed by atoms with E-state index in [9.17, 15) is 8.42 Å². The van der Waals surface area contributed by atoms with Gasteiger partial charge in [-0.2, -0.15) is 9.29 Å². The molecule has 1 aliphatic heterocycles. The molecule has 1 fully saturated rings. The van der Waals surface area contributed by atoms with Gasteiger partial charge in [-0.1, -0.05) is 39.6 Å². The molecule has 0 N–H and O–H groups in total. The van der Waals surface area contributed by atoms with Gasteiger partial charge >= 0.3 is 0 Å². The molecule has 2 heterocycles. The van der Waals surface area contributed by atoms with Crippen LogP contribution in [-0.2, 0) is 16.4 Å². The van der Waals surface area contributed by atoms with Crippen molar-refractivity contribution in [3.8, 4) is 11.4 Å². The first kappa shape index (κ1) is 19.3. The molecule has 4 rings (SSSR count). The number of hydrogen-bond acceptors (Lipinski definition) is 5.